The standard InChI is InChI=1S/C18H21FN2O/c1-12-4-5-14(10-13(12)2)15-6-7-16(17(19)11-15)18(22)21-9-8-20-3/h4-7,10-11,20H,8-9H2,1-3H3,(H,21,22). The predicted octanol–water partition coefficient (Wildman–Crippen LogP) is 3.06. The third-order valence-electron chi connectivity index (χ3n) is 3.71. The molecule has 0 unspecified atom stereocenters. The number of nitrogens with one attached hydrogen (secondary N) is 2. The van der Waals surface area contributed by atoms with Gasteiger partial charge in [-0.15, -0.1) is 0 Å². The van der Waals surface area contributed by atoms with Gasteiger partial charge >= 0.3 is 0 Å². The molecule has 0 aliphatic heterocycles. The van der Waals surface area contributed by atoms with Crippen molar-refractivity contribution >= 4 is 5.91 Å². The SMILES string of the molecule is CNCCNC(=O)c1ccc(-c2ccc(C)c(C)c2)cc1F. The van der Waals surface area contributed by atoms with Gasteiger partial charge < -0.3 is 10.6 Å². The number of hydrogen-bond acceptors (Lipinski definition) is 2. The first-order valence-corrected chi connectivity index (χ1v) is 7.33. The van der Waals surface area contributed by atoms with Crippen molar-refractivity contribution in [1.82, 2.24) is 10.6 Å². The van der Waals surface area contributed by atoms with Crippen molar-refractivity contribution in [2.45, 2.75) is 13.8 Å². The molecule has 4 heteroatoms. The first-order valence-electron chi connectivity index (χ1n) is 7.33. The van der Waals surface area contributed by atoms with Gasteiger partial charge in [0, 0.05) is 13.1 Å². The molecule has 0 aliphatic rings. The van der Waals surface area contributed by atoms with Crippen LogP contribution >= 0.6 is 0 Å². The third-order valence-corrected chi connectivity index (χ3v) is 3.71. The molecule has 0 atom stereocenters. The van der Waals surface area contributed by atoms with E-state index >= 15 is 0 Å². The molecule has 0 spiro atoms. The molecule has 2 aromatic carbocycles. The van der Waals surface area contributed by atoms with E-state index < -0.39 is 5.82 Å². The van der Waals surface area contributed by atoms with Crippen LogP contribution in [0.4, 0.5) is 4.39 Å². The first-order chi connectivity index (χ1) is 10.5. The number of rotatable bonds is 5. The Balaban J connectivity index is 2.22. The maximum Gasteiger partial charge on any atom is 0.254 e. The van der Waals surface area contributed by atoms with Gasteiger partial charge in [-0.25, -0.2) is 4.39 Å². The van der Waals surface area contributed by atoms with Gasteiger partial charge in [-0.05, 0) is 55.3 Å². The van der Waals surface area contributed by atoms with Gasteiger partial charge in [-0.1, -0.05) is 24.3 Å². The predicted molar refractivity (Wildman–Crippen MR) is 87.6 cm³/mol. The molecule has 2 rings (SSSR count). The maximum absolute atomic E-state index is 14.2. The van der Waals surface area contributed by atoms with E-state index in [0.29, 0.717) is 13.1 Å². The highest BCUT2D eigenvalue weighted by Crippen LogP contribution is 2.24. The van der Waals surface area contributed by atoms with Crippen molar-refractivity contribution in [3.8, 4) is 11.1 Å². The van der Waals surface area contributed by atoms with E-state index in [1.165, 1.54) is 17.7 Å². The van der Waals surface area contributed by atoms with E-state index in [0.717, 1.165) is 16.7 Å². The summed E-state index contributed by atoms with van der Waals surface area (Å²) in [4.78, 5) is 11.9. The van der Waals surface area contributed by atoms with Gasteiger partial charge in [0.15, 0.2) is 0 Å². The van der Waals surface area contributed by atoms with Gasteiger partial charge in [0.2, 0.25) is 0 Å². The Labute approximate surface area is 130 Å². The minimum absolute atomic E-state index is 0.0729. The zero-order chi connectivity index (χ0) is 16.1. The molecule has 0 aliphatic carbocycles. The quantitative estimate of drug-likeness (QED) is 0.833. The topological polar surface area (TPSA) is 41.1 Å². The average molecular weight is 300 g/mol. The second-order valence-corrected chi connectivity index (χ2v) is 5.35. The van der Waals surface area contributed by atoms with Crippen molar-refractivity contribution in [2.75, 3.05) is 20.1 Å². The molecule has 22 heavy (non-hydrogen) atoms. The van der Waals surface area contributed by atoms with Gasteiger partial charge in [-0.2, -0.15) is 0 Å². The van der Waals surface area contributed by atoms with Gasteiger partial charge in [-0.3, -0.25) is 4.79 Å². The zero-order valence-corrected chi connectivity index (χ0v) is 13.2. The summed E-state index contributed by atoms with van der Waals surface area (Å²) in [6, 6.07) is 10.7. The summed E-state index contributed by atoms with van der Waals surface area (Å²) in [6.45, 7) is 5.18. The average Bonchev–Trinajstić information content (AvgIpc) is 2.50. The van der Waals surface area contributed by atoms with E-state index in [4.69, 9.17) is 0 Å². The fourth-order valence-corrected chi connectivity index (χ4v) is 2.20. The summed E-state index contributed by atoms with van der Waals surface area (Å²) in [6.07, 6.45) is 0. The second kappa shape index (κ2) is 7.18. The number of likely N-dealkylation sites (N-methyl/N-ethyl adjacent to an activating group) is 1. The molecule has 0 radical (unpaired) electrons. The Morgan fingerprint density at radius 3 is 2.32 bits per heavy atom. The van der Waals surface area contributed by atoms with Crippen LogP contribution in [0, 0.1) is 19.7 Å². The molecule has 3 nitrogen and oxygen atoms in total. The Kier molecular flexibility index (Phi) is 5.28. The third kappa shape index (κ3) is 3.71. The Morgan fingerprint density at radius 2 is 1.68 bits per heavy atom. The largest absolute Gasteiger partial charge is 0.351 e. The fourth-order valence-electron chi connectivity index (χ4n) is 2.20. The van der Waals surface area contributed by atoms with E-state index in [1.807, 2.05) is 32.0 Å². The molecule has 116 valence electrons. The smallest absolute Gasteiger partial charge is 0.254 e. The Bertz CT molecular complexity index is 683. The number of carbonyl (C=O) groups is 1. The van der Waals surface area contributed by atoms with E-state index in [9.17, 15) is 9.18 Å². The number of benzene rings is 2. The van der Waals surface area contributed by atoms with Gasteiger partial charge in [0.25, 0.3) is 5.91 Å². The molecular formula is C18H21FN2O. The Morgan fingerprint density at radius 1 is 1.00 bits per heavy atom. The number of hydrogen-bond donors (Lipinski definition) is 2. The summed E-state index contributed by atoms with van der Waals surface area (Å²) in [7, 11) is 1.80. The van der Waals surface area contributed by atoms with Crippen LogP contribution in [0.2, 0.25) is 0 Å². The van der Waals surface area contributed by atoms with Crippen LogP contribution in [0.1, 0.15) is 21.5 Å². The van der Waals surface area contributed by atoms with Crippen LogP contribution in [0.25, 0.3) is 11.1 Å². The molecule has 0 bridgehead atoms. The molecule has 0 saturated heterocycles. The molecular weight excluding hydrogens is 279 g/mol. The lowest BCUT2D eigenvalue weighted by atomic mass is 9.99. The van der Waals surface area contributed by atoms with Crippen LogP contribution in [-0.2, 0) is 0 Å². The fraction of sp³-hybridized carbons (Fsp3) is 0.278. The minimum atomic E-state index is -0.502. The van der Waals surface area contributed by atoms with E-state index in [-0.39, 0.29) is 11.5 Å². The van der Waals surface area contributed by atoms with E-state index in [2.05, 4.69) is 10.6 Å². The summed E-state index contributed by atoms with van der Waals surface area (Å²) in [5, 5.41) is 5.60. The van der Waals surface area contributed by atoms with Crippen molar-refractivity contribution in [3.63, 3.8) is 0 Å². The van der Waals surface area contributed by atoms with Crippen molar-refractivity contribution < 1.29 is 9.18 Å². The van der Waals surface area contributed by atoms with Crippen molar-refractivity contribution in [2.24, 2.45) is 0 Å². The number of carbonyl (C=O) groups excluding carboxylic acids is 1. The number of amides is 1. The highest BCUT2D eigenvalue weighted by Gasteiger charge is 2.12. The number of halogens is 1. The zero-order valence-electron chi connectivity index (χ0n) is 13.2. The molecule has 1 amide bonds. The van der Waals surface area contributed by atoms with Crippen LogP contribution in [0.3, 0.4) is 0 Å². The highest BCUT2D eigenvalue weighted by molar-refractivity contribution is 5.95. The van der Waals surface area contributed by atoms with Crippen molar-refractivity contribution in [1.29, 1.82) is 0 Å². The van der Waals surface area contributed by atoms with Gasteiger partial charge in [0.1, 0.15) is 5.82 Å². The van der Waals surface area contributed by atoms with Crippen LogP contribution < -0.4 is 10.6 Å². The molecule has 0 heterocycles. The van der Waals surface area contributed by atoms with Crippen LogP contribution in [0.15, 0.2) is 36.4 Å². The summed E-state index contributed by atoms with van der Waals surface area (Å²) in [5.74, 6) is -0.892. The molecule has 2 aromatic rings. The molecule has 0 fully saturated rings. The first kappa shape index (κ1) is 16.2. The molecule has 2 N–H and O–H groups in total. The monoisotopic (exact) mass is 300 g/mol. The lowest BCUT2D eigenvalue weighted by molar-refractivity contribution is 0.0950. The highest BCUT2D eigenvalue weighted by atomic mass is 19.1. The maximum atomic E-state index is 14.2. The summed E-state index contributed by atoms with van der Waals surface area (Å²) < 4.78 is 14.2. The Hall–Kier alpha value is -2.20. The minimum Gasteiger partial charge on any atom is -0.351 e. The normalized spacial score (nSPS) is 10.5. The summed E-state index contributed by atoms with van der Waals surface area (Å²) >= 11 is 0. The van der Waals surface area contributed by atoms with E-state index in [1.54, 1.807) is 13.1 Å². The van der Waals surface area contributed by atoms with Crippen LogP contribution in [-0.4, -0.2) is 26.0 Å². The lowest BCUT2D eigenvalue weighted by Gasteiger charge is -2.09. The van der Waals surface area contributed by atoms with Crippen LogP contribution in [0.5, 0.6) is 0 Å². The summed E-state index contributed by atoms with van der Waals surface area (Å²) in [5.41, 5.74) is 4.15. The number of aryl methyl sites for hydroxylation is 2. The van der Waals surface area contributed by atoms with Crippen molar-refractivity contribution in [3.05, 3.63) is 58.9 Å². The molecule has 0 aromatic heterocycles. The molecule has 0 saturated carbocycles. The van der Waals surface area contributed by atoms with Gasteiger partial charge in [0.05, 0.1) is 5.56 Å². The lowest BCUT2D eigenvalue weighted by Crippen LogP contribution is -2.30. The second-order valence-electron chi connectivity index (χ2n) is 5.35.